The maximum Gasteiger partial charge on any atom is 0.266 e. The number of rotatable bonds is 2. The molecule has 0 radical (unpaired) electrons. The average molecular weight is 211 g/mol. The van der Waals surface area contributed by atoms with Gasteiger partial charge in [0.15, 0.2) is 0 Å². The Bertz CT molecular complexity index is 382. The van der Waals surface area contributed by atoms with Gasteiger partial charge in [0.1, 0.15) is 5.00 Å². The van der Waals surface area contributed by atoms with Crippen LogP contribution in [0.3, 0.4) is 0 Å². The predicted molar refractivity (Wildman–Crippen MR) is 52.2 cm³/mol. The Kier molecular flexibility index (Phi) is 2.33. The topological polar surface area (TPSA) is 54.9 Å². The number of amides is 1. The van der Waals surface area contributed by atoms with Gasteiger partial charge in [-0.3, -0.25) is 4.79 Å². The standard InChI is InChI=1S/C7H5N3OS2/c11-7(5-2-1-3-12-5)9-6-4-8-10-13-6/h1-4H,(H,9,11). The highest BCUT2D eigenvalue weighted by molar-refractivity contribution is 7.12. The Labute approximate surface area is 82.4 Å². The lowest BCUT2D eigenvalue weighted by Gasteiger charge is -1.96. The summed E-state index contributed by atoms with van der Waals surface area (Å²) in [6.07, 6.45) is 1.52. The van der Waals surface area contributed by atoms with Crippen LogP contribution in [0, 0.1) is 0 Å². The number of thiophene rings is 1. The number of carbonyl (C=O) groups excluding carboxylic acids is 1. The second-order valence-corrected chi connectivity index (χ2v) is 3.95. The number of aromatic nitrogens is 2. The highest BCUT2D eigenvalue weighted by Gasteiger charge is 2.07. The van der Waals surface area contributed by atoms with Crippen LogP contribution in [0.1, 0.15) is 9.67 Å². The molecule has 0 atom stereocenters. The van der Waals surface area contributed by atoms with E-state index in [1.54, 1.807) is 6.07 Å². The Morgan fingerprint density at radius 1 is 1.54 bits per heavy atom. The van der Waals surface area contributed by atoms with E-state index in [0.717, 1.165) is 11.5 Å². The average Bonchev–Trinajstić information content (AvgIpc) is 2.74. The molecule has 2 aromatic heterocycles. The van der Waals surface area contributed by atoms with Crippen LogP contribution in [0.15, 0.2) is 23.7 Å². The van der Waals surface area contributed by atoms with Crippen molar-refractivity contribution in [1.82, 2.24) is 9.59 Å². The van der Waals surface area contributed by atoms with E-state index in [0.29, 0.717) is 9.88 Å². The molecule has 0 saturated heterocycles. The second kappa shape index (κ2) is 3.63. The third-order valence-corrected chi connectivity index (χ3v) is 2.79. The van der Waals surface area contributed by atoms with Crippen molar-refractivity contribution < 1.29 is 4.79 Å². The van der Waals surface area contributed by atoms with Crippen LogP contribution < -0.4 is 5.32 Å². The molecule has 13 heavy (non-hydrogen) atoms. The maximum atomic E-state index is 11.4. The third kappa shape index (κ3) is 1.90. The van der Waals surface area contributed by atoms with Crippen LogP contribution in [0.4, 0.5) is 5.00 Å². The van der Waals surface area contributed by atoms with Crippen molar-refractivity contribution in [3.63, 3.8) is 0 Å². The molecule has 2 rings (SSSR count). The molecule has 0 aliphatic rings. The summed E-state index contributed by atoms with van der Waals surface area (Å²) in [4.78, 5) is 12.1. The highest BCUT2D eigenvalue weighted by Crippen LogP contribution is 2.14. The molecule has 6 heteroatoms. The fourth-order valence-corrected chi connectivity index (χ4v) is 1.84. The Hall–Kier alpha value is -1.27. The molecule has 0 aromatic carbocycles. The lowest BCUT2D eigenvalue weighted by molar-refractivity contribution is 0.103. The van der Waals surface area contributed by atoms with Gasteiger partial charge in [-0.05, 0) is 11.4 Å². The molecule has 1 N–H and O–H groups in total. The molecule has 0 bridgehead atoms. The van der Waals surface area contributed by atoms with Crippen molar-refractivity contribution in [2.75, 3.05) is 5.32 Å². The number of nitrogens with one attached hydrogen (secondary N) is 1. The first-order valence-corrected chi connectivity index (χ1v) is 5.14. The number of nitrogens with zero attached hydrogens (tertiary/aromatic N) is 2. The van der Waals surface area contributed by atoms with Crippen molar-refractivity contribution in [2.24, 2.45) is 0 Å². The summed E-state index contributed by atoms with van der Waals surface area (Å²) < 4.78 is 3.64. The number of hydrogen-bond acceptors (Lipinski definition) is 5. The number of anilines is 1. The van der Waals surface area contributed by atoms with Gasteiger partial charge in [-0.2, -0.15) is 0 Å². The Morgan fingerprint density at radius 3 is 3.08 bits per heavy atom. The summed E-state index contributed by atoms with van der Waals surface area (Å²) >= 11 is 2.56. The fourth-order valence-electron chi connectivity index (χ4n) is 0.803. The summed E-state index contributed by atoms with van der Waals surface area (Å²) in [5.41, 5.74) is 0. The van der Waals surface area contributed by atoms with E-state index in [2.05, 4.69) is 14.9 Å². The first kappa shape index (κ1) is 8.33. The normalized spacial score (nSPS) is 9.85. The van der Waals surface area contributed by atoms with Crippen molar-refractivity contribution in [3.05, 3.63) is 28.6 Å². The molecule has 0 saturated carbocycles. The monoisotopic (exact) mass is 211 g/mol. The van der Waals surface area contributed by atoms with Gasteiger partial charge in [0, 0.05) is 11.5 Å². The molecule has 2 aromatic rings. The zero-order valence-corrected chi connectivity index (χ0v) is 8.06. The van der Waals surface area contributed by atoms with Crippen LogP contribution in [0.2, 0.25) is 0 Å². The van der Waals surface area contributed by atoms with Crippen molar-refractivity contribution >= 4 is 33.8 Å². The lowest BCUT2D eigenvalue weighted by atomic mass is 10.4. The zero-order valence-electron chi connectivity index (χ0n) is 6.43. The Balaban J connectivity index is 2.08. The molecule has 0 fully saturated rings. The van der Waals surface area contributed by atoms with Crippen LogP contribution in [-0.2, 0) is 0 Å². The zero-order chi connectivity index (χ0) is 9.10. The lowest BCUT2D eigenvalue weighted by Crippen LogP contribution is -2.08. The number of carbonyl (C=O) groups is 1. The molecule has 2 heterocycles. The summed E-state index contributed by atoms with van der Waals surface area (Å²) in [6.45, 7) is 0. The van der Waals surface area contributed by atoms with Gasteiger partial charge in [0.2, 0.25) is 0 Å². The molecule has 0 unspecified atom stereocenters. The van der Waals surface area contributed by atoms with Crippen molar-refractivity contribution in [2.45, 2.75) is 0 Å². The smallest absolute Gasteiger partial charge is 0.266 e. The van der Waals surface area contributed by atoms with Crippen LogP contribution in [-0.4, -0.2) is 15.5 Å². The molecule has 1 amide bonds. The van der Waals surface area contributed by atoms with Gasteiger partial charge >= 0.3 is 0 Å². The molecule has 0 spiro atoms. The molecular weight excluding hydrogens is 206 g/mol. The van der Waals surface area contributed by atoms with Gasteiger partial charge in [-0.1, -0.05) is 10.6 Å². The fraction of sp³-hybridized carbons (Fsp3) is 0. The third-order valence-electron chi connectivity index (χ3n) is 1.34. The molecular formula is C7H5N3OS2. The highest BCUT2D eigenvalue weighted by atomic mass is 32.1. The SMILES string of the molecule is O=C(Nc1cnns1)c1cccs1. The summed E-state index contributed by atoms with van der Waals surface area (Å²) in [5, 5.41) is 8.83. The first-order valence-electron chi connectivity index (χ1n) is 3.48. The van der Waals surface area contributed by atoms with Crippen molar-refractivity contribution in [3.8, 4) is 0 Å². The molecule has 66 valence electrons. The quantitative estimate of drug-likeness (QED) is 0.824. The minimum absolute atomic E-state index is 0.110. The largest absolute Gasteiger partial charge is 0.310 e. The van der Waals surface area contributed by atoms with Gasteiger partial charge in [0.05, 0.1) is 11.1 Å². The van der Waals surface area contributed by atoms with Crippen molar-refractivity contribution in [1.29, 1.82) is 0 Å². The molecule has 4 nitrogen and oxygen atoms in total. The van der Waals surface area contributed by atoms with E-state index in [9.17, 15) is 4.79 Å². The van der Waals surface area contributed by atoms with E-state index in [4.69, 9.17) is 0 Å². The molecule has 0 aliphatic heterocycles. The van der Waals surface area contributed by atoms with Gasteiger partial charge in [-0.15, -0.1) is 16.4 Å². The summed E-state index contributed by atoms with van der Waals surface area (Å²) in [7, 11) is 0. The van der Waals surface area contributed by atoms with Gasteiger partial charge < -0.3 is 5.32 Å². The number of hydrogen-bond donors (Lipinski definition) is 1. The summed E-state index contributed by atoms with van der Waals surface area (Å²) in [5.74, 6) is -0.110. The van der Waals surface area contributed by atoms with Crippen LogP contribution in [0.25, 0.3) is 0 Å². The maximum absolute atomic E-state index is 11.4. The van der Waals surface area contributed by atoms with E-state index in [-0.39, 0.29) is 5.91 Å². The van der Waals surface area contributed by atoms with Gasteiger partial charge in [-0.25, -0.2) is 0 Å². The minimum atomic E-state index is -0.110. The molecule has 0 aliphatic carbocycles. The predicted octanol–water partition coefficient (Wildman–Crippen LogP) is 1.85. The van der Waals surface area contributed by atoms with E-state index < -0.39 is 0 Å². The minimum Gasteiger partial charge on any atom is -0.310 e. The summed E-state index contributed by atoms with van der Waals surface area (Å²) in [6, 6.07) is 3.61. The van der Waals surface area contributed by atoms with E-state index in [1.165, 1.54) is 17.5 Å². The first-order chi connectivity index (χ1) is 6.36. The van der Waals surface area contributed by atoms with E-state index in [1.807, 2.05) is 11.4 Å². The van der Waals surface area contributed by atoms with Gasteiger partial charge in [0.25, 0.3) is 5.91 Å². The van der Waals surface area contributed by atoms with Crippen LogP contribution in [0.5, 0.6) is 0 Å². The van der Waals surface area contributed by atoms with Crippen LogP contribution >= 0.6 is 22.9 Å². The second-order valence-electron chi connectivity index (χ2n) is 2.21. The Morgan fingerprint density at radius 2 is 2.46 bits per heavy atom. The van der Waals surface area contributed by atoms with E-state index >= 15 is 0 Å².